The Morgan fingerprint density at radius 1 is 0.944 bits per heavy atom. The average molecular weight is 304 g/mol. The number of hydrogen-bond acceptors (Lipinski definition) is 3. The van der Waals surface area contributed by atoms with Gasteiger partial charge in [-0.15, -0.1) is 0 Å². The molecule has 0 atom stereocenters. The lowest BCUT2D eigenvalue weighted by Gasteiger charge is -2.11. The fraction of sp³-hybridized carbons (Fsp3) is 0. The fourth-order valence-electron chi connectivity index (χ4n) is 1.36. The van der Waals surface area contributed by atoms with E-state index >= 15 is 0 Å². The highest BCUT2D eigenvalue weighted by atomic mass is 35.5. The van der Waals surface area contributed by atoms with Crippen LogP contribution in [-0.2, 0) is 0 Å². The number of ether oxygens (including phenoxy) is 1. The second kappa shape index (κ2) is 5.14. The molecule has 0 aromatic heterocycles. The van der Waals surface area contributed by atoms with Gasteiger partial charge in [-0.1, -0.05) is 40.9 Å². The Balaban J connectivity index is 2.37. The number of nitrogen functional groups attached to an aromatic ring is 2. The molecule has 0 bridgehead atoms. The highest BCUT2D eigenvalue weighted by Gasteiger charge is 2.09. The van der Waals surface area contributed by atoms with Gasteiger partial charge >= 0.3 is 0 Å². The summed E-state index contributed by atoms with van der Waals surface area (Å²) in [7, 11) is 0. The van der Waals surface area contributed by atoms with Crippen molar-refractivity contribution in [1.82, 2.24) is 0 Å². The molecule has 2 rings (SSSR count). The lowest BCUT2D eigenvalue weighted by molar-refractivity contribution is 0.483. The average Bonchev–Trinajstić information content (AvgIpc) is 2.32. The van der Waals surface area contributed by atoms with Crippen LogP contribution in [0.25, 0.3) is 0 Å². The van der Waals surface area contributed by atoms with Crippen molar-refractivity contribution in [2.24, 2.45) is 0 Å². The Morgan fingerprint density at radius 2 is 1.67 bits per heavy atom. The van der Waals surface area contributed by atoms with Gasteiger partial charge in [-0.25, -0.2) is 0 Å². The number of nitrogens with two attached hydrogens (primary N) is 2. The summed E-state index contributed by atoms with van der Waals surface area (Å²) >= 11 is 17.8. The molecule has 0 spiro atoms. The molecule has 0 aliphatic heterocycles. The van der Waals surface area contributed by atoms with E-state index in [9.17, 15) is 0 Å². The topological polar surface area (TPSA) is 61.3 Å². The maximum absolute atomic E-state index is 6.01. The number of rotatable bonds is 2. The molecule has 2 aromatic carbocycles. The quantitative estimate of drug-likeness (QED) is 0.797. The van der Waals surface area contributed by atoms with Gasteiger partial charge in [0.15, 0.2) is 0 Å². The summed E-state index contributed by atoms with van der Waals surface area (Å²) in [5.41, 5.74) is 12.0. The van der Waals surface area contributed by atoms with Crippen molar-refractivity contribution in [3.05, 3.63) is 45.4 Å². The van der Waals surface area contributed by atoms with E-state index in [-0.39, 0.29) is 0 Å². The minimum atomic E-state index is 0.321. The van der Waals surface area contributed by atoms with E-state index in [0.717, 1.165) is 0 Å². The predicted octanol–water partition coefficient (Wildman–Crippen LogP) is 4.60. The molecular formula is C12H9Cl3N2O. The highest BCUT2D eigenvalue weighted by Crippen LogP contribution is 2.37. The second-order valence-corrected chi connectivity index (χ2v) is 4.75. The zero-order chi connectivity index (χ0) is 13.3. The van der Waals surface area contributed by atoms with Gasteiger partial charge in [0.2, 0.25) is 0 Å². The van der Waals surface area contributed by atoms with E-state index in [1.807, 2.05) is 0 Å². The molecular weight excluding hydrogens is 295 g/mol. The Kier molecular flexibility index (Phi) is 3.76. The first-order valence-corrected chi connectivity index (χ1v) is 6.09. The van der Waals surface area contributed by atoms with Gasteiger partial charge in [-0.3, -0.25) is 0 Å². The summed E-state index contributed by atoms with van der Waals surface area (Å²) < 4.78 is 5.57. The molecule has 0 fully saturated rings. The fourth-order valence-corrected chi connectivity index (χ4v) is 1.91. The van der Waals surface area contributed by atoms with Crippen LogP contribution in [-0.4, -0.2) is 0 Å². The summed E-state index contributed by atoms with van der Waals surface area (Å²) in [5, 5.41) is 1.05. The zero-order valence-electron chi connectivity index (χ0n) is 9.08. The van der Waals surface area contributed by atoms with E-state index in [0.29, 0.717) is 37.9 Å². The van der Waals surface area contributed by atoms with Crippen LogP contribution >= 0.6 is 34.8 Å². The van der Waals surface area contributed by atoms with Crippen molar-refractivity contribution in [1.29, 1.82) is 0 Å². The lowest BCUT2D eigenvalue weighted by Crippen LogP contribution is -1.96. The number of benzene rings is 2. The Morgan fingerprint density at radius 3 is 2.33 bits per heavy atom. The van der Waals surface area contributed by atoms with Crippen molar-refractivity contribution < 1.29 is 4.74 Å². The normalized spacial score (nSPS) is 10.4. The maximum Gasteiger partial charge on any atom is 0.147 e. The molecule has 0 unspecified atom stereocenters. The minimum absolute atomic E-state index is 0.321. The standard InChI is InChI=1S/C12H9Cl3N2O/c13-7-2-1-3-10(11(7)15)18-6-4-8(14)12(17)9(16)5-6/h1-5H,16-17H2. The molecule has 3 nitrogen and oxygen atoms in total. The van der Waals surface area contributed by atoms with Crippen LogP contribution in [0.3, 0.4) is 0 Å². The molecule has 0 aliphatic rings. The van der Waals surface area contributed by atoms with Crippen molar-refractivity contribution in [3.8, 4) is 11.5 Å². The van der Waals surface area contributed by atoms with Crippen LogP contribution in [0.2, 0.25) is 15.1 Å². The van der Waals surface area contributed by atoms with Gasteiger partial charge < -0.3 is 16.2 Å². The van der Waals surface area contributed by atoms with Gasteiger partial charge in [0.05, 0.1) is 21.4 Å². The molecule has 0 amide bonds. The highest BCUT2D eigenvalue weighted by molar-refractivity contribution is 6.42. The second-order valence-electron chi connectivity index (χ2n) is 3.56. The van der Waals surface area contributed by atoms with Gasteiger partial charge in [0.1, 0.15) is 16.5 Å². The van der Waals surface area contributed by atoms with Crippen molar-refractivity contribution in [2.75, 3.05) is 11.5 Å². The Labute approximate surface area is 119 Å². The van der Waals surface area contributed by atoms with Gasteiger partial charge in [-0.2, -0.15) is 0 Å². The summed E-state index contributed by atoms with van der Waals surface area (Å²) in [6, 6.07) is 8.21. The van der Waals surface area contributed by atoms with E-state index in [2.05, 4.69) is 0 Å². The van der Waals surface area contributed by atoms with E-state index in [1.165, 1.54) is 0 Å². The lowest BCUT2D eigenvalue weighted by atomic mass is 10.2. The molecule has 0 heterocycles. The van der Waals surface area contributed by atoms with E-state index in [4.69, 9.17) is 51.0 Å². The zero-order valence-corrected chi connectivity index (χ0v) is 11.4. The monoisotopic (exact) mass is 302 g/mol. The number of anilines is 2. The smallest absolute Gasteiger partial charge is 0.147 e. The molecule has 94 valence electrons. The molecule has 4 N–H and O–H groups in total. The molecule has 18 heavy (non-hydrogen) atoms. The first-order valence-electron chi connectivity index (χ1n) is 4.95. The molecule has 0 saturated heterocycles. The first-order chi connectivity index (χ1) is 8.49. The largest absolute Gasteiger partial charge is 0.456 e. The van der Waals surface area contributed by atoms with Crippen LogP contribution in [0.5, 0.6) is 11.5 Å². The molecule has 0 aliphatic carbocycles. The predicted molar refractivity (Wildman–Crippen MR) is 76.8 cm³/mol. The molecule has 0 radical (unpaired) electrons. The van der Waals surface area contributed by atoms with Crippen molar-refractivity contribution in [3.63, 3.8) is 0 Å². The van der Waals surface area contributed by atoms with Crippen LogP contribution in [0.15, 0.2) is 30.3 Å². The van der Waals surface area contributed by atoms with Crippen LogP contribution in [0.4, 0.5) is 11.4 Å². The summed E-state index contributed by atoms with van der Waals surface area (Å²) in [6.07, 6.45) is 0. The number of halogens is 3. The summed E-state index contributed by atoms with van der Waals surface area (Å²) in [6.45, 7) is 0. The van der Waals surface area contributed by atoms with Crippen molar-refractivity contribution >= 4 is 46.2 Å². The Bertz CT molecular complexity index is 579. The third kappa shape index (κ3) is 2.58. The first kappa shape index (κ1) is 13.1. The SMILES string of the molecule is Nc1cc(Oc2cccc(Cl)c2Cl)cc(Cl)c1N. The summed E-state index contributed by atoms with van der Waals surface area (Å²) in [5.74, 6) is 0.861. The van der Waals surface area contributed by atoms with E-state index < -0.39 is 0 Å². The molecule has 6 heteroatoms. The Hall–Kier alpha value is -1.29. The van der Waals surface area contributed by atoms with Gasteiger partial charge in [-0.05, 0) is 12.1 Å². The molecule has 2 aromatic rings. The minimum Gasteiger partial charge on any atom is -0.456 e. The van der Waals surface area contributed by atoms with Gasteiger partial charge in [0, 0.05) is 12.1 Å². The molecule has 0 saturated carbocycles. The van der Waals surface area contributed by atoms with Crippen molar-refractivity contribution in [2.45, 2.75) is 0 Å². The summed E-state index contributed by atoms with van der Waals surface area (Å²) in [4.78, 5) is 0. The number of hydrogen-bond donors (Lipinski definition) is 2. The maximum atomic E-state index is 6.01. The van der Waals surface area contributed by atoms with Crippen LogP contribution in [0.1, 0.15) is 0 Å². The van der Waals surface area contributed by atoms with Crippen LogP contribution < -0.4 is 16.2 Å². The third-order valence-corrected chi connectivity index (χ3v) is 3.39. The third-order valence-electron chi connectivity index (χ3n) is 2.28. The van der Waals surface area contributed by atoms with Gasteiger partial charge in [0.25, 0.3) is 0 Å². The van der Waals surface area contributed by atoms with Crippen LogP contribution in [0, 0.1) is 0 Å². The van der Waals surface area contributed by atoms with E-state index in [1.54, 1.807) is 30.3 Å².